The largest absolute Gasteiger partial charge is 0.491 e. The Bertz CT molecular complexity index is 2590. The Morgan fingerprint density at radius 1 is 0.868 bits per heavy atom. The summed E-state index contributed by atoms with van der Waals surface area (Å²) in [6.07, 6.45) is 1.73. The molecule has 7 rings (SSSR count). The molecule has 0 radical (unpaired) electrons. The van der Waals surface area contributed by atoms with E-state index in [4.69, 9.17) is 9.47 Å². The average Bonchev–Trinajstić information content (AvgIpc) is 3.98. The van der Waals surface area contributed by atoms with Gasteiger partial charge in [-0.2, -0.15) is 0 Å². The number of benzene rings is 2. The van der Waals surface area contributed by atoms with E-state index in [2.05, 4.69) is 41.0 Å². The topological polar surface area (TPSA) is 191 Å². The van der Waals surface area contributed by atoms with Crippen LogP contribution in [-0.2, 0) is 25.7 Å². The quantitative estimate of drug-likeness (QED) is 0.0602. The van der Waals surface area contributed by atoms with Gasteiger partial charge in [0.15, 0.2) is 0 Å². The van der Waals surface area contributed by atoms with Crippen molar-refractivity contribution >= 4 is 41.0 Å². The Morgan fingerprint density at radius 2 is 1.55 bits per heavy atom. The van der Waals surface area contributed by atoms with Crippen LogP contribution in [0.4, 0.5) is 19.4 Å². The van der Waals surface area contributed by atoms with Crippen molar-refractivity contribution in [3.63, 3.8) is 0 Å². The third kappa shape index (κ3) is 16.4. The molecule has 5 N–H and O–H groups in total. The third-order valence-corrected chi connectivity index (χ3v) is 15.2. The molecule has 4 atom stereocenters. The standard InChI is InChI=1S/C57H79F2N9O7S/c1-35(2)50(54(72)68-31-44(69)28-46(68)53(71)61-30-37-10-12-38(13-11-37)51-36(3)62-34-76-51)65-49(70)32-66-22-19-43(20-23-66)67-24-17-41(18-25-67)63-48-27-40(16-21-60-48)39-14-15-47(45(26-39)52(58)59)74-33-42(29-56(4,5)6)64-55(73)75-57(7,8)9/h10-16,21,26-27,34-35,41-44,46,50,52,69H,17-20,22-25,28-33H2,1-9H3,(H,60,63)(H,61,71)(H,64,73)(H,65,70)/t42-,44+,46-,50-/m0/s1. The number of alkyl halides is 2. The van der Waals surface area contributed by atoms with E-state index in [0.717, 1.165) is 79.1 Å². The summed E-state index contributed by atoms with van der Waals surface area (Å²) in [4.78, 5) is 69.8. The first kappa shape index (κ1) is 57.9. The Hall–Kier alpha value is -5.76. The highest BCUT2D eigenvalue weighted by atomic mass is 32.1. The molecule has 16 nitrogen and oxygen atoms in total. The maximum atomic E-state index is 14.6. The van der Waals surface area contributed by atoms with Crippen molar-refractivity contribution in [1.29, 1.82) is 0 Å². The number of piperidine rings is 2. The molecule has 0 aliphatic carbocycles. The number of nitrogens with one attached hydrogen (secondary N) is 4. The second-order valence-corrected chi connectivity index (χ2v) is 24.1. The molecule has 414 valence electrons. The van der Waals surface area contributed by atoms with Crippen molar-refractivity contribution in [3.05, 3.63) is 83.1 Å². The first-order valence-electron chi connectivity index (χ1n) is 26.8. The highest BCUT2D eigenvalue weighted by molar-refractivity contribution is 7.13. The van der Waals surface area contributed by atoms with Gasteiger partial charge in [-0.25, -0.2) is 23.5 Å². The molecule has 4 aromatic rings. The molecule has 19 heteroatoms. The van der Waals surface area contributed by atoms with Crippen LogP contribution in [0, 0.1) is 18.3 Å². The molecule has 4 amide bonds. The van der Waals surface area contributed by atoms with Gasteiger partial charge in [-0.15, -0.1) is 11.3 Å². The maximum absolute atomic E-state index is 14.6. The molecule has 5 heterocycles. The number of carbonyl (C=O) groups is 4. The van der Waals surface area contributed by atoms with Crippen molar-refractivity contribution in [1.82, 2.24) is 40.6 Å². The van der Waals surface area contributed by atoms with Gasteiger partial charge in [0.05, 0.1) is 40.3 Å². The number of anilines is 1. The number of aromatic nitrogens is 2. The lowest BCUT2D eigenvalue weighted by atomic mass is 9.88. The van der Waals surface area contributed by atoms with Gasteiger partial charge in [-0.3, -0.25) is 19.3 Å². The molecule has 3 aliphatic rings. The highest BCUT2D eigenvalue weighted by Gasteiger charge is 2.42. The van der Waals surface area contributed by atoms with Crippen molar-refractivity contribution in [2.75, 3.05) is 51.2 Å². The minimum atomic E-state index is -2.79. The van der Waals surface area contributed by atoms with Gasteiger partial charge < -0.3 is 45.6 Å². The number of rotatable bonds is 19. The van der Waals surface area contributed by atoms with E-state index in [1.54, 1.807) is 56.5 Å². The van der Waals surface area contributed by atoms with Gasteiger partial charge >= 0.3 is 6.09 Å². The summed E-state index contributed by atoms with van der Waals surface area (Å²) in [7, 11) is 0. The number of hydrogen-bond donors (Lipinski definition) is 5. The molecule has 0 bridgehead atoms. The predicted octanol–water partition coefficient (Wildman–Crippen LogP) is 8.59. The fourth-order valence-electron chi connectivity index (χ4n) is 10.4. The van der Waals surface area contributed by atoms with E-state index in [9.17, 15) is 33.1 Å². The lowest BCUT2D eigenvalue weighted by Crippen LogP contribution is -2.56. The SMILES string of the molecule is Cc1ncsc1-c1ccc(CNC(=O)[C@@H]2C[C@@H](O)CN2C(=O)[C@@H](NC(=O)CN2CCC(N3CCC(Nc4cc(-c5ccc(OC[C@H](CC(C)(C)C)NC(=O)OC(C)(C)C)c(C(F)F)c5)ccn4)CC3)CC2)C(C)C)cc1. The summed E-state index contributed by atoms with van der Waals surface area (Å²) in [5.41, 5.74) is 4.99. The molecule has 3 fully saturated rings. The van der Waals surface area contributed by atoms with E-state index in [1.807, 2.05) is 77.4 Å². The molecule has 2 aromatic heterocycles. The number of aliphatic hydroxyl groups is 1. The van der Waals surface area contributed by atoms with Gasteiger partial charge in [0.25, 0.3) is 6.43 Å². The second-order valence-electron chi connectivity index (χ2n) is 23.2. The van der Waals surface area contributed by atoms with Gasteiger partial charge in [0, 0.05) is 64.0 Å². The maximum Gasteiger partial charge on any atom is 0.407 e. The van der Waals surface area contributed by atoms with Crippen LogP contribution >= 0.6 is 11.3 Å². The van der Waals surface area contributed by atoms with Gasteiger partial charge in [0.2, 0.25) is 17.7 Å². The second kappa shape index (κ2) is 25.6. The number of thiazole rings is 1. The van der Waals surface area contributed by atoms with Gasteiger partial charge in [0.1, 0.15) is 35.9 Å². The predicted molar refractivity (Wildman–Crippen MR) is 292 cm³/mol. The number of ether oxygens (including phenoxy) is 2. The van der Waals surface area contributed by atoms with Crippen molar-refractivity contribution < 1.29 is 42.5 Å². The minimum absolute atomic E-state index is 0.00832. The Kier molecular flexibility index (Phi) is 19.5. The fraction of sp³-hybridized carbons (Fsp3) is 0.579. The summed E-state index contributed by atoms with van der Waals surface area (Å²) < 4.78 is 40.5. The number of hydrogen-bond acceptors (Lipinski definition) is 13. The monoisotopic (exact) mass is 1070 g/mol. The number of aliphatic hydroxyl groups excluding tert-OH is 1. The van der Waals surface area contributed by atoms with E-state index >= 15 is 0 Å². The van der Waals surface area contributed by atoms with Crippen LogP contribution in [-0.4, -0.2) is 141 Å². The van der Waals surface area contributed by atoms with Crippen LogP contribution in [0.1, 0.15) is 117 Å². The Balaban J connectivity index is 0.848. The normalized spacial score (nSPS) is 19.1. The van der Waals surface area contributed by atoms with Crippen LogP contribution in [0.25, 0.3) is 21.6 Å². The number of likely N-dealkylation sites (tertiary alicyclic amines) is 3. The van der Waals surface area contributed by atoms with Crippen LogP contribution in [0.5, 0.6) is 5.75 Å². The zero-order chi connectivity index (χ0) is 54.9. The molecule has 0 saturated carbocycles. The van der Waals surface area contributed by atoms with Crippen molar-refractivity contribution in [2.24, 2.45) is 11.3 Å². The number of amides is 4. The lowest BCUT2D eigenvalue weighted by molar-refractivity contribution is -0.142. The van der Waals surface area contributed by atoms with Gasteiger partial charge in [-0.1, -0.05) is 65.0 Å². The average molecular weight is 1070 g/mol. The molecular weight excluding hydrogens is 993 g/mol. The molecule has 0 unspecified atom stereocenters. The Morgan fingerprint density at radius 3 is 2.18 bits per heavy atom. The number of carbonyl (C=O) groups excluding carboxylic acids is 4. The van der Waals surface area contributed by atoms with E-state index in [-0.39, 0.29) is 79.1 Å². The third-order valence-electron chi connectivity index (χ3n) is 14.2. The smallest absolute Gasteiger partial charge is 0.407 e. The number of halogens is 2. The minimum Gasteiger partial charge on any atom is -0.491 e. The molecule has 3 saturated heterocycles. The zero-order valence-electron chi connectivity index (χ0n) is 45.7. The molecular formula is C57H79F2N9O7S. The summed E-state index contributed by atoms with van der Waals surface area (Å²) in [5.74, 6) is -0.498. The fourth-order valence-corrected chi connectivity index (χ4v) is 11.2. The summed E-state index contributed by atoms with van der Waals surface area (Å²) >= 11 is 1.58. The van der Waals surface area contributed by atoms with Crippen LogP contribution in [0.3, 0.4) is 0 Å². The van der Waals surface area contributed by atoms with Gasteiger partial charge in [-0.05, 0) is 118 Å². The number of β-amino-alcohol motifs (C(OH)–C–C–N with tert-alkyl or cyclic N) is 1. The van der Waals surface area contributed by atoms with Crippen LogP contribution in [0.2, 0.25) is 0 Å². The zero-order valence-corrected chi connectivity index (χ0v) is 46.5. The summed E-state index contributed by atoms with van der Waals surface area (Å²) in [6, 6.07) is 14.7. The number of alkyl carbamates (subject to hydrolysis) is 1. The molecule has 2 aromatic carbocycles. The first-order chi connectivity index (χ1) is 36.0. The lowest BCUT2D eigenvalue weighted by Gasteiger charge is -2.42. The number of pyridine rings is 1. The molecule has 76 heavy (non-hydrogen) atoms. The van der Waals surface area contributed by atoms with E-state index < -0.39 is 42.3 Å². The van der Waals surface area contributed by atoms with Crippen molar-refractivity contribution in [2.45, 2.75) is 156 Å². The van der Waals surface area contributed by atoms with Crippen LogP contribution < -0.4 is 26.0 Å². The number of aryl methyl sites for hydroxylation is 1. The van der Waals surface area contributed by atoms with Crippen LogP contribution in [0.15, 0.2) is 66.3 Å². The summed E-state index contributed by atoms with van der Waals surface area (Å²) in [5, 5.41) is 23.0. The highest BCUT2D eigenvalue weighted by Crippen LogP contribution is 2.35. The molecule has 3 aliphatic heterocycles. The van der Waals surface area contributed by atoms with E-state index in [0.29, 0.717) is 23.8 Å². The number of nitrogens with zero attached hydrogens (tertiary/aromatic N) is 5. The molecule has 0 spiro atoms. The van der Waals surface area contributed by atoms with E-state index in [1.165, 1.54) is 11.0 Å². The first-order valence-corrected chi connectivity index (χ1v) is 27.6. The van der Waals surface area contributed by atoms with Crippen molar-refractivity contribution in [3.8, 4) is 27.3 Å². The summed E-state index contributed by atoms with van der Waals surface area (Å²) in [6.45, 7) is 20.8. The Labute approximate surface area is 451 Å².